The third kappa shape index (κ3) is 4.19. The lowest BCUT2D eigenvalue weighted by atomic mass is 10.2. The number of rotatable bonds is 5. The monoisotopic (exact) mass is 452 g/mol. The van der Waals surface area contributed by atoms with Crippen molar-refractivity contribution in [1.82, 2.24) is 19.8 Å². The molecule has 1 fully saturated rings. The molecule has 1 N–H and O–H groups in total. The summed E-state index contributed by atoms with van der Waals surface area (Å²) in [4.78, 5) is 43.2. The number of hydrogen-bond acceptors (Lipinski definition) is 5. The van der Waals surface area contributed by atoms with Crippen LogP contribution in [0, 0.1) is 5.92 Å². The number of carbonyl (C=O) groups excluding carboxylic acids is 2. The number of aromatic nitrogens is 2. The average Bonchev–Trinajstić information content (AvgIpc) is 3.04. The normalized spacial score (nSPS) is 15.4. The number of fused-ring (bicyclic) bond motifs is 1. The first-order valence-electron chi connectivity index (χ1n) is 8.74. The van der Waals surface area contributed by atoms with Gasteiger partial charge < -0.3 is 5.32 Å². The summed E-state index contributed by atoms with van der Waals surface area (Å²) in [6, 6.07) is 5.01. The van der Waals surface area contributed by atoms with E-state index in [1.165, 1.54) is 16.7 Å². The van der Waals surface area contributed by atoms with Crippen molar-refractivity contribution in [2.45, 2.75) is 37.7 Å². The summed E-state index contributed by atoms with van der Waals surface area (Å²) in [5.41, 5.74) is 0.459. The van der Waals surface area contributed by atoms with E-state index in [2.05, 4.69) is 26.2 Å². The van der Waals surface area contributed by atoms with E-state index in [-0.39, 0.29) is 23.4 Å². The summed E-state index contributed by atoms with van der Waals surface area (Å²) in [5, 5.41) is 3.12. The van der Waals surface area contributed by atoms with Crippen molar-refractivity contribution in [1.29, 1.82) is 0 Å². The highest BCUT2D eigenvalue weighted by Crippen LogP contribution is 2.26. The Hall–Kier alpha value is -1.87. The van der Waals surface area contributed by atoms with Crippen molar-refractivity contribution in [2.24, 2.45) is 5.92 Å². The van der Waals surface area contributed by atoms with Crippen LogP contribution in [0.1, 0.15) is 20.8 Å². The molecule has 1 aliphatic heterocycles. The molecule has 0 saturated carbocycles. The number of nitrogens with zero attached hydrogens (tertiary/aromatic N) is 3. The molecule has 27 heavy (non-hydrogen) atoms. The minimum atomic E-state index is -0.535. The third-order valence-corrected chi connectivity index (χ3v) is 5.75. The van der Waals surface area contributed by atoms with Crippen LogP contribution in [0.15, 0.2) is 32.6 Å². The van der Waals surface area contributed by atoms with E-state index in [1.54, 1.807) is 23.6 Å². The first-order chi connectivity index (χ1) is 12.8. The maximum absolute atomic E-state index is 13.0. The summed E-state index contributed by atoms with van der Waals surface area (Å²) in [7, 11) is 0. The number of hydrogen-bond donors (Lipinski definition) is 1. The fraction of sp³-hybridized carbons (Fsp3) is 0.444. The van der Waals surface area contributed by atoms with E-state index in [0.717, 1.165) is 4.47 Å². The van der Waals surface area contributed by atoms with Crippen molar-refractivity contribution in [3.8, 4) is 0 Å². The number of urea groups is 1. The predicted molar refractivity (Wildman–Crippen MR) is 109 cm³/mol. The van der Waals surface area contributed by atoms with E-state index in [9.17, 15) is 14.4 Å². The number of thioether (sulfide) groups is 1. The molecular formula is C18H21BrN4O3S. The topological polar surface area (TPSA) is 84.3 Å². The number of halogens is 1. The minimum Gasteiger partial charge on any atom is -0.336 e. The van der Waals surface area contributed by atoms with Crippen LogP contribution in [0.25, 0.3) is 10.9 Å². The molecule has 1 saturated heterocycles. The first-order valence-corrected chi connectivity index (χ1v) is 10.4. The summed E-state index contributed by atoms with van der Waals surface area (Å²) in [6.45, 7) is 7.10. The molecule has 1 atom stereocenters. The van der Waals surface area contributed by atoms with Gasteiger partial charge >= 0.3 is 6.03 Å². The standard InChI is InChI=1S/C18H21BrN4O3S/c1-10(2)9-23-16(25)13-8-12(19)4-5-14(13)21-18(23)27-11(3)15(24)22-7-6-20-17(22)26/h4-5,8,10-11H,6-7,9H2,1-3H3,(H,20,26). The van der Waals surface area contributed by atoms with Gasteiger partial charge in [0.05, 0.1) is 16.2 Å². The smallest absolute Gasteiger partial charge is 0.324 e. The van der Waals surface area contributed by atoms with Crippen LogP contribution in [0.2, 0.25) is 0 Å². The summed E-state index contributed by atoms with van der Waals surface area (Å²) in [6.07, 6.45) is 0. The number of carbonyl (C=O) groups is 2. The van der Waals surface area contributed by atoms with E-state index in [4.69, 9.17) is 0 Å². The molecular weight excluding hydrogens is 432 g/mol. The Labute approximate surface area is 169 Å². The Morgan fingerprint density at radius 2 is 2.07 bits per heavy atom. The summed E-state index contributed by atoms with van der Waals surface area (Å²) in [5.74, 6) is -0.0416. The Morgan fingerprint density at radius 3 is 2.70 bits per heavy atom. The van der Waals surface area contributed by atoms with Gasteiger partial charge in [-0.1, -0.05) is 41.5 Å². The lowest BCUT2D eigenvalue weighted by Gasteiger charge is -2.20. The Bertz CT molecular complexity index is 960. The Balaban J connectivity index is 1.99. The maximum atomic E-state index is 13.0. The van der Waals surface area contributed by atoms with Gasteiger partial charge in [-0.15, -0.1) is 0 Å². The van der Waals surface area contributed by atoms with Gasteiger partial charge in [0, 0.05) is 24.1 Å². The molecule has 144 valence electrons. The van der Waals surface area contributed by atoms with Crippen LogP contribution in [0.4, 0.5) is 4.79 Å². The number of nitrogens with one attached hydrogen (secondary N) is 1. The lowest BCUT2D eigenvalue weighted by Crippen LogP contribution is -2.39. The van der Waals surface area contributed by atoms with Gasteiger partial charge in [0.2, 0.25) is 5.91 Å². The molecule has 3 rings (SSSR count). The zero-order valence-electron chi connectivity index (χ0n) is 15.4. The maximum Gasteiger partial charge on any atom is 0.324 e. The molecule has 1 aromatic heterocycles. The molecule has 1 unspecified atom stereocenters. The molecule has 1 aliphatic rings. The van der Waals surface area contributed by atoms with Gasteiger partial charge in [0.1, 0.15) is 0 Å². The number of imide groups is 1. The molecule has 3 amide bonds. The average molecular weight is 453 g/mol. The second-order valence-electron chi connectivity index (χ2n) is 6.85. The van der Waals surface area contributed by atoms with Crippen molar-refractivity contribution < 1.29 is 9.59 Å². The molecule has 9 heteroatoms. The molecule has 1 aromatic carbocycles. The molecule has 7 nitrogen and oxygen atoms in total. The molecule has 0 bridgehead atoms. The van der Waals surface area contributed by atoms with Crippen molar-refractivity contribution in [3.05, 3.63) is 33.0 Å². The van der Waals surface area contributed by atoms with Gasteiger partial charge in [-0.05, 0) is 31.0 Å². The SMILES string of the molecule is CC(C)Cn1c(SC(C)C(=O)N2CCNC2=O)nc2ccc(Br)cc2c1=O. The first kappa shape index (κ1) is 19.9. The van der Waals surface area contributed by atoms with Gasteiger partial charge in [-0.2, -0.15) is 0 Å². The lowest BCUT2D eigenvalue weighted by molar-refractivity contribution is -0.126. The second kappa shape index (κ2) is 8.02. The van der Waals surface area contributed by atoms with Crippen LogP contribution in [-0.4, -0.2) is 44.7 Å². The molecule has 0 spiro atoms. The molecule has 2 aromatic rings. The highest BCUT2D eigenvalue weighted by molar-refractivity contribution is 9.10. The third-order valence-electron chi connectivity index (χ3n) is 4.18. The van der Waals surface area contributed by atoms with Crippen molar-refractivity contribution >= 4 is 50.5 Å². The molecule has 0 aliphatic carbocycles. The predicted octanol–water partition coefficient (Wildman–Crippen LogP) is 2.85. The van der Waals surface area contributed by atoms with Crippen LogP contribution in [0.5, 0.6) is 0 Å². The quantitative estimate of drug-likeness (QED) is 0.556. The fourth-order valence-electron chi connectivity index (χ4n) is 2.90. The molecule has 0 radical (unpaired) electrons. The van der Waals surface area contributed by atoms with E-state index >= 15 is 0 Å². The van der Waals surface area contributed by atoms with Crippen molar-refractivity contribution in [2.75, 3.05) is 13.1 Å². The Morgan fingerprint density at radius 1 is 1.33 bits per heavy atom. The van der Waals surface area contributed by atoms with Crippen LogP contribution in [-0.2, 0) is 11.3 Å². The van der Waals surface area contributed by atoms with E-state index < -0.39 is 5.25 Å². The van der Waals surface area contributed by atoms with Crippen LogP contribution >= 0.6 is 27.7 Å². The highest BCUT2D eigenvalue weighted by atomic mass is 79.9. The van der Waals surface area contributed by atoms with Gasteiger partial charge in [0.15, 0.2) is 5.16 Å². The second-order valence-corrected chi connectivity index (χ2v) is 9.07. The van der Waals surface area contributed by atoms with Crippen molar-refractivity contribution in [3.63, 3.8) is 0 Å². The van der Waals surface area contributed by atoms with Gasteiger partial charge in [-0.25, -0.2) is 9.78 Å². The zero-order valence-corrected chi connectivity index (χ0v) is 17.8. The zero-order chi connectivity index (χ0) is 19.7. The largest absolute Gasteiger partial charge is 0.336 e. The highest BCUT2D eigenvalue weighted by Gasteiger charge is 2.31. The summed E-state index contributed by atoms with van der Waals surface area (Å²) >= 11 is 4.61. The number of benzene rings is 1. The Kier molecular flexibility index (Phi) is 5.90. The molecule has 2 heterocycles. The van der Waals surface area contributed by atoms with Crippen LogP contribution < -0.4 is 10.9 Å². The van der Waals surface area contributed by atoms with E-state index in [1.807, 2.05) is 19.9 Å². The number of amides is 3. The minimum absolute atomic E-state index is 0.129. The van der Waals surface area contributed by atoms with Crippen LogP contribution in [0.3, 0.4) is 0 Å². The fourth-order valence-corrected chi connectivity index (χ4v) is 4.24. The van der Waals surface area contributed by atoms with E-state index in [0.29, 0.717) is 35.7 Å². The summed E-state index contributed by atoms with van der Waals surface area (Å²) < 4.78 is 2.44. The van der Waals surface area contributed by atoms with Gasteiger partial charge in [0.25, 0.3) is 5.56 Å². The van der Waals surface area contributed by atoms with Gasteiger partial charge in [-0.3, -0.25) is 19.1 Å².